The molecule has 3 rings (SSSR count). The summed E-state index contributed by atoms with van der Waals surface area (Å²) in [6.07, 6.45) is 3.41. The maximum Gasteiger partial charge on any atom is 0.349 e. The highest BCUT2D eigenvalue weighted by atomic mass is 16.5. The van der Waals surface area contributed by atoms with Crippen molar-refractivity contribution in [2.75, 3.05) is 27.2 Å². The molecule has 2 heterocycles. The number of benzene rings is 1. The van der Waals surface area contributed by atoms with Crippen molar-refractivity contribution in [2.24, 2.45) is 5.92 Å². The van der Waals surface area contributed by atoms with Crippen LogP contribution in [0.1, 0.15) is 69.2 Å². The summed E-state index contributed by atoms with van der Waals surface area (Å²) >= 11 is 0. The van der Waals surface area contributed by atoms with Crippen molar-refractivity contribution in [3.8, 4) is 5.75 Å². The first-order valence-corrected chi connectivity index (χ1v) is 14.0. The van der Waals surface area contributed by atoms with Crippen LogP contribution in [0.2, 0.25) is 0 Å². The molecule has 0 bridgehead atoms. The number of carbonyl (C=O) groups excluding carboxylic acids is 3. The van der Waals surface area contributed by atoms with E-state index in [1.165, 1.54) is 13.2 Å². The fourth-order valence-electron chi connectivity index (χ4n) is 5.01. The third-order valence-electron chi connectivity index (χ3n) is 7.14. The Morgan fingerprint density at radius 3 is 2.65 bits per heavy atom. The number of amides is 3. The summed E-state index contributed by atoms with van der Waals surface area (Å²) in [6.45, 7) is 4.92. The van der Waals surface area contributed by atoms with E-state index in [0.717, 1.165) is 6.42 Å². The Morgan fingerprint density at radius 1 is 1.18 bits per heavy atom. The summed E-state index contributed by atoms with van der Waals surface area (Å²) < 4.78 is 10.4. The number of unbranched alkanes of at least 4 members (excludes halogenated alkanes) is 2. The third-order valence-corrected chi connectivity index (χ3v) is 7.14. The van der Waals surface area contributed by atoms with Crippen molar-refractivity contribution < 1.29 is 28.6 Å². The molecule has 0 radical (unpaired) electrons. The average Bonchev–Trinajstić information content (AvgIpc) is 3.42. The lowest BCUT2D eigenvalue weighted by Crippen LogP contribution is -2.54. The van der Waals surface area contributed by atoms with Crippen LogP contribution in [0.15, 0.2) is 33.5 Å². The van der Waals surface area contributed by atoms with E-state index in [1.54, 1.807) is 30.1 Å². The second kappa shape index (κ2) is 14.8. The minimum Gasteiger partial charge on any atom is -0.497 e. The molecule has 11 nitrogen and oxygen atoms in total. The Hall–Kier alpha value is -3.44. The van der Waals surface area contributed by atoms with Gasteiger partial charge in [-0.25, -0.2) is 4.79 Å². The molecule has 0 spiro atoms. The van der Waals surface area contributed by atoms with Crippen molar-refractivity contribution >= 4 is 28.7 Å². The van der Waals surface area contributed by atoms with Crippen LogP contribution in [-0.2, 0) is 9.59 Å². The zero-order valence-corrected chi connectivity index (χ0v) is 23.8. The first-order chi connectivity index (χ1) is 19.1. The monoisotopic (exact) mass is 558 g/mol. The van der Waals surface area contributed by atoms with Gasteiger partial charge in [0.1, 0.15) is 29.2 Å². The van der Waals surface area contributed by atoms with E-state index in [9.17, 15) is 24.3 Å². The number of likely N-dealkylation sites (N-methyl/N-ethyl adjacent to an activating group) is 1. The van der Waals surface area contributed by atoms with Gasteiger partial charge in [0.15, 0.2) is 0 Å². The maximum absolute atomic E-state index is 13.3. The molecule has 1 saturated heterocycles. The highest BCUT2D eigenvalue weighted by Crippen LogP contribution is 2.22. The molecule has 220 valence electrons. The molecule has 0 aliphatic carbocycles. The number of aliphatic hydroxyl groups is 1. The van der Waals surface area contributed by atoms with Gasteiger partial charge in [0.05, 0.1) is 13.2 Å². The summed E-state index contributed by atoms with van der Waals surface area (Å²) in [6, 6.07) is 5.59. The zero-order valence-electron chi connectivity index (χ0n) is 23.8. The number of fused-ring (bicyclic) bond motifs is 1. The Bertz CT molecular complexity index is 1230. The van der Waals surface area contributed by atoms with E-state index < -0.39 is 23.8 Å². The third kappa shape index (κ3) is 8.28. The summed E-state index contributed by atoms with van der Waals surface area (Å²) in [5.41, 5.74) is -0.450. The van der Waals surface area contributed by atoms with Gasteiger partial charge < -0.3 is 29.8 Å². The normalized spacial score (nSPS) is 16.6. The molecule has 11 heteroatoms. The Labute approximate surface area is 234 Å². The van der Waals surface area contributed by atoms with E-state index in [2.05, 4.69) is 16.0 Å². The minimum absolute atomic E-state index is 0.0691. The van der Waals surface area contributed by atoms with Crippen LogP contribution >= 0.6 is 0 Å². The number of carbonyl (C=O) groups is 3. The number of ether oxygens (including phenoxy) is 1. The van der Waals surface area contributed by atoms with Gasteiger partial charge in [-0.2, -0.15) is 0 Å². The highest BCUT2D eigenvalue weighted by Gasteiger charge is 2.37. The molecule has 3 atom stereocenters. The highest BCUT2D eigenvalue weighted by molar-refractivity contribution is 5.96. The average molecular weight is 559 g/mol. The van der Waals surface area contributed by atoms with Crippen LogP contribution in [-0.4, -0.2) is 73.3 Å². The van der Waals surface area contributed by atoms with Crippen LogP contribution in [0, 0.1) is 5.92 Å². The van der Waals surface area contributed by atoms with Gasteiger partial charge in [-0.1, -0.05) is 20.3 Å². The Kier molecular flexibility index (Phi) is 11.5. The largest absolute Gasteiger partial charge is 0.497 e. The molecule has 40 heavy (non-hydrogen) atoms. The van der Waals surface area contributed by atoms with Gasteiger partial charge in [0.25, 0.3) is 5.91 Å². The summed E-state index contributed by atoms with van der Waals surface area (Å²) in [5.74, 6) is -0.103. The van der Waals surface area contributed by atoms with Gasteiger partial charge in [-0.15, -0.1) is 0 Å². The van der Waals surface area contributed by atoms with Gasteiger partial charge in [-0.05, 0) is 63.3 Å². The van der Waals surface area contributed by atoms with Gasteiger partial charge in [0.2, 0.25) is 11.8 Å². The van der Waals surface area contributed by atoms with E-state index in [-0.39, 0.29) is 35.8 Å². The smallest absolute Gasteiger partial charge is 0.349 e. The molecule has 1 aromatic heterocycles. The second-order valence-corrected chi connectivity index (χ2v) is 10.6. The predicted octanol–water partition coefficient (Wildman–Crippen LogP) is 2.15. The van der Waals surface area contributed by atoms with Gasteiger partial charge in [0, 0.05) is 31.0 Å². The van der Waals surface area contributed by atoms with Crippen LogP contribution in [0.4, 0.5) is 0 Å². The van der Waals surface area contributed by atoms with Crippen LogP contribution < -0.4 is 26.3 Å². The minimum atomic E-state index is -0.803. The molecule has 0 unspecified atom stereocenters. The van der Waals surface area contributed by atoms with Crippen molar-refractivity contribution in [3.63, 3.8) is 0 Å². The van der Waals surface area contributed by atoms with Crippen molar-refractivity contribution in [1.29, 1.82) is 0 Å². The number of hydrogen-bond donors (Lipinski definition) is 4. The van der Waals surface area contributed by atoms with Gasteiger partial charge >= 0.3 is 5.63 Å². The fraction of sp³-hybridized carbons (Fsp3) is 0.586. The van der Waals surface area contributed by atoms with E-state index in [1.807, 2.05) is 13.8 Å². The van der Waals surface area contributed by atoms with Crippen LogP contribution in [0.5, 0.6) is 5.75 Å². The number of nitrogens with one attached hydrogen (secondary N) is 3. The standard InChI is InChI=1S/C29H42N4O7/c1-18(2)15-22(28(37)33-14-8-9-23(33)27(36)30-3)32-25(34)10-6-5-7-13-31-26(35)21-16-19-11-12-20(39-4)17-24(19)40-29(21)38/h11-12,16-18,22-23,27,30,36H,5-10,13-15H2,1-4H3,(H,31,35)(H,32,34)/t22-,23-,27-/m0/s1. The molecule has 4 N–H and O–H groups in total. The van der Waals surface area contributed by atoms with Gasteiger partial charge in [-0.3, -0.25) is 19.7 Å². The lowest BCUT2D eigenvalue weighted by molar-refractivity contribution is -0.139. The van der Waals surface area contributed by atoms with E-state index in [4.69, 9.17) is 9.15 Å². The molecule has 3 amide bonds. The number of nitrogens with zero attached hydrogens (tertiary/aromatic N) is 1. The lowest BCUT2D eigenvalue weighted by atomic mass is 10.0. The Morgan fingerprint density at radius 2 is 1.95 bits per heavy atom. The summed E-state index contributed by atoms with van der Waals surface area (Å²) in [7, 11) is 3.17. The van der Waals surface area contributed by atoms with Crippen molar-refractivity contribution in [1.82, 2.24) is 20.9 Å². The summed E-state index contributed by atoms with van der Waals surface area (Å²) in [4.78, 5) is 52.4. The van der Waals surface area contributed by atoms with Crippen molar-refractivity contribution in [3.05, 3.63) is 40.2 Å². The topological polar surface area (TPSA) is 150 Å². The molecular formula is C29H42N4O7. The van der Waals surface area contributed by atoms with Crippen molar-refractivity contribution in [2.45, 2.75) is 77.1 Å². The predicted molar refractivity (Wildman–Crippen MR) is 151 cm³/mol. The molecule has 1 aromatic carbocycles. The molecule has 1 fully saturated rings. The van der Waals surface area contributed by atoms with E-state index >= 15 is 0 Å². The maximum atomic E-state index is 13.3. The quantitative estimate of drug-likeness (QED) is 0.157. The molecular weight excluding hydrogens is 516 g/mol. The Balaban J connectivity index is 1.43. The first kappa shape index (κ1) is 31.1. The molecule has 1 aliphatic heterocycles. The first-order valence-electron chi connectivity index (χ1n) is 14.0. The van der Waals surface area contributed by atoms with Crippen LogP contribution in [0.25, 0.3) is 11.0 Å². The number of aliphatic hydroxyl groups excluding tert-OH is 1. The molecule has 0 saturated carbocycles. The zero-order chi connectivity index (χ0) is 29.2. The lowest BCUT2D eigenvalue weighted by Gasteiger charge is -2.32. The number of likely N-dealkylation sites (tertiary alicyclic amines) is 1. The number of hydrogen-bond acceptors (Lipinski definition) is 8. The SMILES string of the molecule is CN[C@@H](O)[C@@H]1CCCN1C(=O)[C@H](CC(C)C)NC(=O)CCCCCNC(=O)c1cc2ccc(OC)cc2oc1=O. The summed E-state index contributed by atoms with van der Waals surface area (Å²) in [5, 5.41) is 19.3. The number of methoxy groups -OCH3 is 1. The second-order valence-electron chi connectivity index (χ2n) is 10.6. The molecule has 1 aliphatic rings. The molecule has 2 aromatic rings. The van der Waals surface area contributed by atoms with E-state index in [0.29, 0.717) is 61.9 Å². The fourth-order valence-corrected chi connectivity index (χ4v) is 5.01. The van der Waals surface area contributed by atoms with Crippen LogP contribution in [0.3, 0.4) is 0 Å². The number of rotatable bonds is 14.